The molecule has 1 aromatic rings. The lowest BCUT2D eigenvalue weighted by Gasteiger charge is -2.05. The molecule has 0 heterocycles. The Hall–Kier alpha value is -1.66. The Morgan fingerprint density at radius 3 is 2.58 bits per heavy atom. The van der Waals surface area contributed by atoms with E-state index in [0.29, 0.717) is 17.9 Å². The van der Waals surface area contributed by atoms with Gasteiger partial charge < -0.3 is 9.84 Å². The van der Waals surface area contributed by atoms with Crippen molar-refractivity contribution in [3.05, 3.63) is 29.6 Å². The molecule has 0 atom stereocenters. The van der Waals surface area contributed by atoms with E-state index >= 15 is 0 Å². The standard InChI is InChI=1S/C9H10FNO3.C4H10O/c1-6-4-7(2-3-8(6)10)14-5-9(12)11-13;1-2-3-4-5/h2-4,13H,5H2,1H3,(H,11,12);5H,2-4H2,1H3. The molecule has 0 aromatic heterocycles. The lowest BCUT2D eigenvalue weighted by Crippen LogP contribution is -2.25. The van der Waals surface area contributed by atoms with Crippen molar-refractivity contribution < 1.29 is 24.2 Å². The van der Waals surface area contributed by atoms with Gasteiger partial charge in [-0.2, -0.15) is 0 Å². The van der Waals surface area contributed by atoms with E-state index in [9.17, 15) is 9.18 Å². The van der Waals surface area contributed by atoms with Gasteiger partial charge in [0.15, 0.2) is 6.61 Å². The molecule has 0 aliphatic carbocycles. The maximum atomic E-state index is 12.8. The first-order valence-corrected chi connectivity index (χ1v) is 5.97. The SMILES string of the molecule is CCCCO.Cc1cc(OCC(=O)NO)ccc1F. The van der Waals surface area contributed by atoms with Crippen molar-refractivity contribution in [3.63, 3.8) is 0 Å². The first-order chi connectivity index (χ1) is 9.04. The van der Waals surface area contributed by atoms with Crippen molar-refractivity contribution in [2.45, 2.75) is 26.7 Å². The van der Waals surface area contributed by atoms with Gasteiger partial charge in [0, 0.05) is 6.61 Å². The minimum Gasteiger partial charge on any atom is -0.484 e. The largest absolute Gasteiger partial charge is 0.484 e. The quantitative estimate of drug-likeness (QED) is 0.564. The van der Waals surface area contributed by atoms with Gasteiger partial charge in [-0.25, -0.2) is 9.87 Å². The van der Waals surface area contributed by atoms with Crippen LogP contribution in [0.25, 0.3) is 0 Å². The second kappa shape index (κ2) is 10.3. The number of benzene rings is 1. The molecule has 1 aromatic carbocycles. The van der Waals surface area contributed by atoms with Crippen LogP contribution in [-0.4, -0.2) is 29.4 Å². The Morgan fingerprint density at radius 2 is 2.16 bits per heavy atom. The summed E-state index contributed by atoms with van der Waals surface area (Å²) < 4.78 is 17.7. The Kier molecular flexibility index (Phi) is 9.38. The summed E-state index contributed by atoms with van der Waals surface area (Å²) in [6, 6.07) is 4.13. The third-order valence-corrected chi connectivity index (χ3v) is 2.14. The fourth-order valence-electron chi connectivity index (χ4n) is 1.05. The molecule has 0 fully saturated rings. The number of aliphatic hydroxyl groups excluding tert-OH is 1. The number of ether oxygens (including phenoxy) is 1. The zero-order valence-electron chi connectivity index (χ0n) is 11.1. The van der Waals surface area contributed by atoms with E-state index in [2.05, 4.69) is 6.92 Å². The number of hydroxylamine groups is 1. The van der Waals surface area contributed by atoms with Crippen molar-refractivity contribution >= 4 is 5.91 Å². The van der Waals surface area contributed by atoms with Gasteiger partial charge in [-0.3, -0.25) is 10.0 Å². The van der Waals surface area contributed by atoms with E-state index in [1.54, 1.807) is 6.92 Å². The highest BCUT2D eigenvalue weighted by atomic mass is 19.1. The number of aliphatic hydroxyl groups is 1. The van der Waals surface area contributed by atoms with Gasteiger partial charge in [-0.05, 0) is 37.1 Å². The molecular formula is C13H20FNO4. The normalized spacial score (nSPS) is 9.32. The van der Waals surface area contributed by atoms with Crippen molar-refractivity contribution in [2.24, 2.45) is 0 Å². The first kappa shape index (κ1) is 17.3. The summed E-state index contributed by atoms with van der Waals surface area (Å²) in [5.74, 6) is -0.608. The molecular weight excluding hydrogens is 253 g/mol. The zero-order chi connectivity index (χ0) is 14.7. The monoisotopic (exact) mass is 273 g/mol. The first-order valence-electron chi connectivity index (χ1n) is 5.97. The number of rotatable bonds is 5. The second-order valence-corrected chi connectivity index (χ2v) is 3.81. The third-order valence-electron chi connectivity index (χ3n) is 2.14. The van der Waals surface area contributed by atoms with E-state index in [4.69, 9.17) is 15.1 Å². The van der Waals surface area contributed by atoms with Crippen molar-refractivity contribution in [1.29, 1.82) is 0 Å². The predicted molar refractivity (Wildman–Crippen MR) is 68.6 cm³/mol. The van der Waals surface area contributed by atoms with Crippen LogP contribution < -0.4 is 10.2 Å². The summed E-state index contributed by atoms with van der Waals surface area (Å²) in [7, 11) is 0. The Bertz CT molecular complexity index is 383. The van der Waals surface area contributed by atoms with Crippen LogP contribution in [0, 0.1) is 12.7 Å². The minimum atomic E-state index is -0.660. The number of carbonyl (C=O) groups is 1. The summed E-state index contributed by atoms with van der Waals surface area (Å²) in [5.41, 5.74) is 1.86. The van der Waals surface area contributed by atoms with Crippen LogP contribution in [0.3, 0.4) is 0 Å². The summed E-state index contributed by atoms with van der Waals surface area (Å²) in [5, 5.41) is 16.2. The van der Waals surface area contributed by atoms with Gasteiger partial charge in [0.1, 0.15) is 11.6 Å². The number of hydrogen-bond acceptors (Lipinski definition) is 4. The molecule has 6 heteroatoms. The number of hydrogen-bond donors (Lipinski definition) is 3. The van der Waals surface area contributed by atoms with Crippen LogP contribution >= 0.6 is 0 Å². The fourth-order valence-corrected chi connectivity index (χ4v) is 1.05. The van der Waals surface area contributed by atoms with E-state index in [1.165, 1.54) is 23.7 Å². The molecule has 5 nitrogen and oxygen atoms in total. The number of aryl methyl sites for hydroxylation is 1. The predicted octanol–water partition coefficient (Wildman–Crippen LogP) is 1.80. The molecule has 0 unspecified atom stereocenters. The molecule has 0 radical (unpaired) electrons. The van der Waals surface area contributed by atoms with Crippen LogP contribution in [0.5, 0.6) is 5.75 Å². The number of nitrogens with one attached hydrogen (secondary N) is 1. The maximum Gasteiger partial charge on any atom is 0.281 e. The molecule has 19 heavy (non-hydrogen) atoms. The van der Waals surface area contributed by atoms with Crippen molar-refractivity contribution in [3.8, 4) is 5.75 Å². The highest BCUT2D eigenvalue weighted by molar-refractivity contribution is 5.76. The highest BCUT2D eigenvalue weighted by Crippen LogP contribution is 2.15. The highest BCUT2D eigenvalue weighted by Gasteiger charge is 2.02. The van der Waals surface area contributed by atoms with Gasteiger partial charge in [0.2, 0.25) is 0 Å². The number of halogens is 1. The van der Waals surface area contributed by atoms with Gasteiger partial charge in [-0.1, -0.05) is 13.3 Å². The molecule has 0 saturated heterocycles. The van der Waals surface area contributed by atoms with Crippen LogP contribution in [0.15, 0.2) is 18.2 Å². The summed E-state index contributed by atoms with van der Waals surface area (Å²) >= 11 is 0. The van der Waals surface area contributed by atoms with Gasteiger partial charge in [0.25, 0.3) is 5.91 Å². The summed E-state index contributed by atoms with van der Waals surface area (Å²) in [6.07, 6.45) is 2.04. The van der Waals surface area contributed by atoms with Crippen LogP contribution in [0.1, 0.15) is 25.3 Å². The average molecular weight is 273 g/mol. The van der Waals surface area contributed by atoms with Crippen LogP contribution in [0.4, 0.5) is 4.39 Å². The fraction of sp³-hybridized carbons (Fsp3) is 0.462. The number of unbranched alkanes of at least 4 members (excludes halogenated alkanes) is 1. The van der Waals surface area contributed by atoms with E-state index in [0.717, 1.165) is 12.8 Å². The van der Waals surface area contributed by atoms with Crippen LogP contribution in [0.2, 0.25) is 0 Å². The molecule has 0 saturated carbocycles. The molecule has 0 spiro atoms. The molecule has 1 rings (SSSR count). The molecule has 0 aliphatic heterocycles. The molecule has 108 valence electrons. The van der Waals surface area contributed by atoms with E-state index < -0.39 is 5.91 Å². The van der Waals surface area contributed by atoms with Gasteiger partial charge in [0.05, 0.1) is 0 Å². The van der Waals surface area contributed by atoms with E-state index in [1.807, 2.05) is 0 Å². The molecule has 3 N–H and O–H groups in total. The maximum absolute atomic E-state index is 12.8. The summed E-state index contributed by atoms with van der Waals surface area (Å²) in [4.78, 5) is 10.6. The third kappa shape index (κ3) is 8.12. The molecule has 1 amide bonds. The molecule has 0 bridgehead atoms. The Morgan fingerprint density at radius 1 is 1.47 bits per heavy atom. The van der Waals surface area contributed by atoms with Crippen LogP contribution in [-0.2, 0) is 4.79 Å². The smallest absolute Gasteiger partial charge is 0.281 e. The summed E-state index contributed by atoms with van der Waals surface area (Å²) in [6.45, 7) is 3.68. The average Bonchev–Trinajstić information content (AvgIpc) is 2.41. The van der Waals surface area contributed by atoms with Gasteiger partial charge in [-0.15, -0.1) is 0 Å². The Labute approximate surface area is 112 Å². The second-order valence-electron chi connectivity index (χ2n) is 3.81. The zero-order valence-corrected chi connectivity index (χ0v) is 11.1. The van der Waals surface area contributed by atoms with E-state index in [-0.39, 0.29) is 12.4 Å². The van der Waals surface area contributed by atoms with Crippen molar-refractivity contribution in [1.82, 2.24) is 5.48 Å². The lowest BCUT2D eigenvalue weighted by molar-refractivity contribution is -0.131. The number of amides is 1. The Balaban J connectivity index is 0.000000555. The molecule has 0 aliphatic rings. The topological polar surface area (TPSA) is 78.8 Å². The lowest BCUT2D eigenvalue weighted by atomic mass is 10.2. The number of carbonyl (C=O) groups excluding carboxylic acids is 1. The van der Waals surface area contributed by atoms with Gasteiger partial charge >= 0.3 is 0 Å². The van der Waals surface area contributed by atoms with Crippen molar-refractivity contribution in [2.75, 3.05) is 13.2 Å². The minimum absolute atomic E-state index is 0.304.